The number of nitrogens with zero attached hydrogens (tertiary/aromatic N) is 1. The van der Waals surface area contributed by atoms with Gasteiger partial charge in [-0.05, 0) is 51.4 Å². The van der Waals surface area contributed by atoms with Gasteiger partial charge >= 0.3 is 0 Å². The SMILES string of the molecule is CCCOC1(CN=C(NCC)NCCCOCC2CCOCC2)CCCCC1.I. The second-order valence-electron chi connectivity index (χ2n) is 8.20. The summed E-state index contributed by atoms with van der Waals surface area (Å²) in [6.07, 6.45) is 10.4. The maximum absolute atomic E-state index is 6.27. The largest absolute Gasteiger partial charge is 0.381 e. The lowest BCUT2D eigenvalue weighted by molar-refractivity contribution is -0.0624. The van der Waals surface area contributed by atoms with Gasteiger partial charge in [0.2, 0.25) is 0 Å². The van der Waals surface area contributed by atoms with Crippen LogP contribution >= 0.6 is 24.0 Å². The van der Waals surface area contributed by atoms with Crippen LogP contribution in [0.2, 0.25) is 0 Å². The van der Waals surface area contributed by atoms with Gasteiger partial charge in [-0.15, -0.1) is 24.0 Å². The van der Waals surface area contributed by atoms with E-state index in [0.29, 0.717) is 5.92 Å². The lowest BCUT2D eigenvalue weighted by Crippen LogP contribution is -2.42. The van der Waals surface area contributed by atoms with Crippen molar-refractivity contribution in [2.75, 3.05) is 52.7 Å². The second-order valence-corrected chi connectivity index (χ2v) is 8.20. The van der Waals surface area contributed by atoms with Gasteiger partial charge in [-0.3, -0.25) is 4.99 Å². The Morgan fingerprint density at radius 1 is 1.07 bits per heavy atom. The number of ether oxygens (including phenoxy) is 3. The highest BCUT2D eigenvalue weighted by Crippen LogP contribution is 2.32. The van der Waals surface area contributed by atoms with Crippen molar-refractivity contribution in [1.82, 2.24) is 10.6 Å². The van der Waals surface area contributed by atoms with Gasteiger partial charge in [0.25, 0.3) is 0 Å². The van der Waals surface area contributed by atoms with Crippen molar-refractivity contribution < 1.29 is 14.2 Å². The number of rotatable bonds is 12. The summed E-state index contributed by atoms with van der Waals surface area (Å²) in [4.78, 5) is 4.87. The van der Waals surface area contributed by atoms with Crippen molar-refractivity contribution in [2.45, 2.75) is 77.2 Å². The summed E-state index contributed by atoms with van der Waals surface area (Å²) < 4.78 is 17.5. The van der Waals surface area contributed by atoms with E-state index in [1.54, 1.807) is 0 Å². The van der Waals surface area contributed by atoms with Gasteiger partial charge < -0.3 is 24.8 Å². The van der Waals surface area contributed by atoms with Crippen molar-refractivity contribution in [3.63, 3.8) is 0 Å². The molecule has 1 saturated carbocycles. The molecule has 0 unspecified atom stereocenters. The molecular formula is C22H44IN3O3. The third-order valence-electron chi connectivity index (χ3n) is 5.70. The molecule has 0 aromatic carbocycles. The lowest BCUT2D eigenvalue weighted by Gasteiger charge is -2.36. The van der Waals surface area contributed by atoms with E-state index in [9.17, 15) is 0 Å². The van der Waals surface area contributed by atoms with Crippen LogP contribution in [0.3, 0.4) is 0 Å². The van der Waals surface area contributed by atoms with Crippen LogP contribution in [0.15, 0.2) is 4.99 Å². The molecule has 1 saturated heterocycles. The molecule has 0 amide bonds. The number of guanidine groups is 1. The molecule has 0 atom stereocenters. The highest BCUT2D eigenvalue weighted by molar-refractivity contribution is 14.0. The number of hydrogen-bond donors (Lipinski definition) is 2. The van der Waals surface area contributed by atoms with E-state index in [4.69, 9.17) is 19.2 Å². The van der Waals surface area contributed by atoms with Gasteiger partial charge in [-0.2, -0.15) is 0 Å². The van der Waals surface area contributed by atoms with Crippen LogP contribution in [0.1, 0.15) is 71.6 Å². The molecule has 0 radical (unpaired) electrons. The minimum Gasteiger partial charge on any atom is -0.381 e. The average molecular weight is 526 g/mol. The van der Waals surface area contributed by atoms with E-state index in [1.165, 1.54) is 19.3 Å². The minimum atomic E-state index is -0.0521. The average Bonchev–Trinajstić information content (AvgIpc) is 2.74. The molecule has 29 heavy (non-hydrogen) atoms. The molecule has 6 nitrogen and oxygen atoms in total. The van der Waals surface area contributed by atoms with Gasteiger partial charge in [0.05, 0.1) is 12.1 Å². The highest BCUT2D eigenvalue weighted by Gasteiger charge is 2.32. The Balaban J connectivity index is 0.00000420. The normalized spacial score (nSPS) is 20.1. The number of halogens is 1. The van der Waals surface area contributed by atoms with E-state index in [2.05, 4.69) is 24.5 Å². The number of nitrogens with one attached hydrogen (secondary N) is 2. The van der Waals surface area contributed by atoms with Gasteiger partial charge in [0, 0.05) is 46.1 Å². The summed E-state index contributed by atoms with van der Waals surface area (Å²) in [6.45, 7) is 11.1. The van der Waals surface area contributed by atoms with Crippen molar-refractivity contribution in [2.24, 2.45) is 10.9 Å². The maximum Gasteiger partial charge on any atom is 0.191 e. The monoisotopic (exact) mass is 525 g/mol. The fourth-order valence-electron chi connectivity index (χ4n) is 3.97. The van der Waals surface area contributed by atoms with Crippen molar-refractivity contribution >= 4 is 29.9 Å². The van der Waals surface area contributed by atoms with Crippen LogP contribution in [0.5, 0.6) is 0 Å². The molecule has 1 aliphatic carbocycles. The van der Waals surface area contributed by atoms with Gasteiger partial charge in [-0.1, -0.05) is 26.2 Å². The summed E-state index contributed by atoms with van der Waals surface area (Å²) >= 11 is 0. The van der Waals surface area contributed by atoms with Crippen LogP contribution in [0.25, 0.3) is 0 Å². The number of hydrogen-bond acceptors (Lipinski definition) is 4. The zero-order valence-corrected chi connectivity index (χ0v) is 21.0. The van der Waals surface area contributed by atoms with Crippen LogP contribution < -0.4 is 10.6 Å². The predicted octanol–water partition coefficient (Wildman–Crippen LogP) is 4.12. The van der Waals surface area contributed by atoms with Gasteiger partial charge in [0.1, 0.15) is 0 Å². The molecule has 1 heterocycles. The molecule has 0 aromatic rings. The molecule has 0 aromatic heterocycles. The Kier molecular flexibility index (Phi) is 15.4. The lowest BCUT2D eigenvalue weighted by atomic mass is 9.84. The summed E-state index contributed by atoms with van der Waals surface area (Å²) in [6, 6.07) is 0. The Labute approximate surface area is 195 Å². The first-order valence-electron chi connectivity index (χ1n) is 11.6. The van der Waals surface area contributed by atoms with Crippen molar-refractivity contribution in [1.29, 1.82) is 0 Å². The van der Waals surface area contributed by atoms with Crippen LogP contribution in [0.4, 0.5) is 0 Å². The molecule has 2 N–H and O–H groups in total. The van der Waals surface area contributed by atoms with E-state index >= 15 is 0 Å². The standard InChI is InChI=1S/C22H43N3O3.HI/c1-3-14-28-22(11-6-5-7-12-22)19-25-21(23-4-2)24-13-8-15-27-18-20-9-16-26-17-10-20;/h20H,3-19H2,1-2H3,(H2,23,24,25);1H. The molecule has 0 bridgehead atoms. The first kappa shape index (κ1) is 26.9. The molecule has 172 valence electrons. The first-order chi connectivity index (χ1) is 13.8. The Morgan fingerprint density at radius 2 is 1.83 bits per heavy atom. The minimum absolute atomic E-state index is 0. The smallest absolute Gasteiger partial charge is 0.191 e. The molecular weight excluding hydrogens is 481 g/mol. The molecule has 7 heteroatoms. The summed E-state index contributed by atoms with van der Waals surface area (Å²) in [5.41, 5.74) is -0.0521. The summed E-state index contributed by atoms with van der Waals surface area (Å²) in [5.74, 6) is 1.58. The zero-order chi connectivity index (χ0) is 19.9. The van der Waals surface area contributed by atoms with E-state index < -0.39 is 0 Å². The molecule has 2 aliphatic rings. The van der Waals surface area contributed by atoms with E-state index in [-0.39, 0.29) is 29.6 Å². The molecule has 2 rings (SSSR count). The Hall–Kier alpha value is -0.120. The third kappa shape index (κ3) is 11.2. The van der Waals surface area contributed by atoms with Gasteiger partial charge in [0.15, 0.2) is 5.96 Å². The van der Waals surface area contributed by atoms with E-state index in [1.807, 2.05) is 0 Å². The van der Waals surface area contributed by atoms with E-state index in [0.717, 1.165) is 97.2 Å². The maximum atomic E-state index is 6.27. The Morgan fingerprint density at radius 3 is 2.52 bits per heavy atom. The fraction of sp³-hybridized carbons (Fsp3) is 0.955. The number of aliphatic imine (C=N–C) groups is 1. The summed E-state index contributed by atoms with van der Waals surface area (Å²) in [5, 5.41) is 6.82. The third-order valence-corrected chi connectivity index (χ3v) is 5.70. The predicted molar refractivity (Wildman–Crippen MR) is 130 cm³/mol. The molecule has 1 aliphatic heterocycles. The van der Waals surface area contributed by atoms with Gasteiger partial charge in [-0.25, -0.2) is 0 Å². The fourth-order valence-corrected chi connectivity index (χ4v) is 3.97. The van der Waals surface area contributed by atoms with Crippen molar-refractivity contribution in [3.05, 3.63) is 0 Å². The van der Waals surface area contributed by atoms with Crippen LogP contribution in [-0.4, -0.2) is 64.2 Å². The quantitative estimate of drug-likeness (QED) is 0.174. The van der Waals surface area contributed by atoms with Crippen LogP contribution in [0, 0.1) is 5.92 Å². The van der Waals surface area contributed by atoms with Crippen LogP contribution in [-0.2, 0) is 14.2 Å². The van der Waals surface area contributed by atoms with Crippen molar-refractivity contribution in [3.8, 4) is 0 Å². The highest BCUT2D eigenvalue weighted by atomic mass is 127. The Bertz CT molecular complexity index is 426. The first-order valence-corrected chi connectivity index (χ1v) is 11.6. The molecule has 2 fully saturated rings. The second kappa shape index (κ2) is 16.6. The summed E-state index contributed by atoms with van der Waals surface area (Å²) in [7, 11) is 0. The molecule has 0 spiro atoms. The topological polar surface area (TPSA) is 64.1 Å². The zero-order valence-electron chi connectivity index (χ0n) is 18.7.